The van der Waals surface area contributed by atoms with Crippen LogP contribution in [0.3, 0.4) is 0 Å². The zero-order chi connectivity index (χ0) is 15.4. The van der Waals surface area contributed by atoms with E-state index in [9.17, 15) is 9.90 Å². The summed E-state index contributed by atoms with van der Waals surface area (Å²) in [5, 5.41) is 22.0. The molecule has 5 nitrogen and oxygen atoms in total. The Balaban J connectivity index is 2.02. The van der Waals surface area contributed by atoms with Gasteiger partial charge in [-0.3, -0.25) is 4.79 Å². The molecule has 1 unspecified atom stereocenters. The standard InChI is InChI=1S/C14H11Cl2N3O2/c15-10-2-1-3-11(16)13(10)12(20)7-19-14(21)8-4-9(5-17)18-6-8/h1-4,6,12,18,20H,7H2,(H,19,21). The monoisotopic (exact) mass is 323 g/mol. The fourth-order valence-corrected chi connectivity index (χ4v) is 2.46. The molecule has 0 saturated heterocycles. The van der Waals surface area contributed by atoms with E-state index in [1.165, 1.54) is 12.3 Å². The number of halogens is 2. The highest BCUT2D eigenvalue weighted by molar-refractivity contribution is 6.36. The highest BCUT2D eigenvalue weighted by atomic mass is 35.5. The minimum Gasteiger partial charge on any atom is -0.386 e. The Morgan fingerprint density at radius 2 is 2.10 bits per heavy atom. The maximum atomic E-state index is 11.9. The second-order valence-corrected chi connectivity index (χ2v) is 5.09. The predicted molar refractivity (Wildman–Crippen MR) is 79.3 cm³/mol. The molecule has 3 N–H and O–H groups in total. The Bertz CT molecular complexity index is 686. The average Bonchev–Trinajstić information content (AvgIpc) is 2.93. The van der Waals surface area contributed by atoms with Crippen molar-refractivity contribution in [2.75, 3.05) is 6.54 Å². The molecule has 1 amide bonds. The van der Waals surface area contributed by atoms with Crippen LogP contribution in [-0.4, -0.2) is 22.5 Å². The fraction of sp³-hybridized carbons (Fsp3) is 0.143. The fourth-order valence-electron chi connectivity index (χ4n) is 1.81. The van der Waals surface area contributed by atoms with Crippen molar-refractivity contribution in [1.82, 2.24) is 10.3 Å². The first-order valence-corrected chi connectivity index (χ1v) is 6.77. The molecule has 1 atom stereocenters. The summed E-state index contributed by atoms with van der Waals surface area (Å²) in [6.07, 6.45) is 0.396. The number of aromatic amines is 1. The minimum atomic E-state index is -1.02. The molecule has 21 heavy (non-hydrogen) atoms. The van der Waals surface area contributed by atoms with Gasteiger partial charge in [0.2, 0.25) is 0 Å². The summed E-state index contributed by atoms with van der Waals surface area (Å²) in [6, 6.07) is 8.20. The van der Waals surface area contributed by atoms with E-state index in [0.29, 0.717) is 21.2 Å². The SMILES string of the molecule is N#Cc1cc(C(=O)NCC(O)c2c(Cl)cccc2Cl)c[nH]1. The second kappa shape index (κ2) is 6.64. The van der Waals surface area contributed by atoms with Crippen molar-refractivity contribution in [2.45, 2.75) is 6.10 Å². The summed E-state index contributed by atoms with van der Waals surface area (Å²) < 4.78 is 0. The number of aromatic nitrogens is 1. The van der Waals surface area contributed by atoms with Crippen LogP contribution in [0.1, 0.15) is 27.7 Å². The van der Waals surface area contributed by atoms with Crippen molar-refractivity contribution in [1.29, 1.82) is 5.26 Å². The van der Waals surface area contributed by atoms with Gasteiger partial charge in [0, 0.05) is 28.4 Å². The number of benzene rings is 1. The van der Waals surface area contributed by atoms with Gasteiger partial charge in [0.25, 0.3) is 5.91 Å². The van der Waals surface area contributed by atoms with E-state index < -0.39 is 12.0 Å². The molecular weight excluding hydrogens is 313 g/mol. The number of rotatable bonds is 4. The zero-order valence-corrected chi connectivity index (χ0v) is 12.2. The van der Waals surface area contributed by atoms with Gasteiger partial charge in [0.05, 0.1) is 11.7 Å². The van der Waals surface area contributed by atoms with Gasteiger partial charge in [-0.1, -0.05) is 29.3 Å². The normalized spacial score (nSPS) is 11.7. The number of carbonyl (C=O) groups excluding carboxylic acids is 1. The van der Waals surface area contributed by atoms with E-state index >= 15 is 0 Å². The molecule has 1 heterocycles. The van der Waals surface area contributed by atoms with Crippen molar-refractivity contribution in [3.05, 3.63) is 57.3 Å². The van der Waals surface area contributed by atoms with Gasteiger partial charge in [-0.25, -0.2) is 0 Å². The van der Waals surface area contributed by atoms with Crippen LogP contribution in [0.15, 0.2) is 30.5 Å². The summed E-state index contributed by atoms with van der Waals surface area (Å²) in [7, 11) is 0. The second-order valence-electron chi connectivity index (χ2n) is 4.27. The average molecular weight is 324 g/mol. The Kier molecular flexibility index (Phi) is 4.86. The number of nitrogens with one attached hydrogen (secondary N) is 2. The van der Waals surface area contributed by atoms with E-state index in [1.54, 1.807) is 18.2 Å². The van der Waals surface area contributed by atoms with E-state index in [1.807, 2.05) is 6.07 Å². The molecule has 7 heteroatoms. The molecule has 1 aromatic carbocycles. The smallest absolute Gasteiger partial charge is 0.252 e. The lowest BCUT2D eigenvalue weighted by Crippen LogP contribution is -2.28. The maximum Gasteiger partial charge on any atom is 0.252 e. The lowest BCUT2D eigenvalue weighted by molar-refractivity contribution is 0.0916. The van der Waals surface area contributed by atoms with E-state index in [2.05, 4.69) is 10.3 Å². The van der Waals surface area contributed by atoms with Gasteiger partial charge in [0.15, 0.2) is 0 Å². The molecular formula is C14H11Cl2N3O2. The summed E-state index contributed by atoms with van der Waals surface area (Å²) >= 11 is 12.0. The molecule has 0 aliphatic heterocycles. The van der Waals surface area contributed by atoms with E-state index in [4.69, 9.17) is 28.5 Å². The zero-order valence-electron chi connectivity index (χ0n) is 10.7. The largest absolute Gasteiger partial charge is 0.386 e. The molecule has 0 saturated carbocycles. The highest BCUT2D eigenvalue weighted by Gasteiger charge is 2.17. The third-order valence-corrected chi connectivity index (χ3v) is 3.51. The summed E-state index contributed by atoms with van der Waals surface area (Å²) in [5.74, 6) is -0.407. The predicted octanol–water partition coefficient (Wildman–Crippen LogP) is 2.66. The number of hydrogen-bond acceptors (Lipinski definition) is 3. The molecule has 0 aliphatic carbocycles. The van der Waals surface area contributed by atoms with Gasteiger partial charge in [0.1, 0.15) is 11.8 Å². The number of aliphatic hydroxyl groups excluding tert-OH is 1. The number of nitrogens with zero attached hydrogens (tertiary/aromatic N) is 1. The number of amides is 1. The van der Waals surface area contributed by atoms with Gasteiger partial charge < -0.3 is 15.4 Å². The van der Waals surface area contributed by atoms with Crippen LogP contribution in [0, 0.1) is 11.3 Å². The van der Waals surface area contributed by atoms with Crippen LogP contribution in [0.2, 0.25) is 10.0 Å². The molecule has 0 aliphatic rings. The third-order valence-electron chi connectivity index (χ3n) is 2.85. The Morgan fingerprint density at radius 3 is 2.67 bits per heavy atom. The van der Waals surface area contributed by atoms with Gasteiger partial charge in [-0.05, 0) is 18.2 Å². The maximum absolute atomic E-state index is 11.9. The van der Waals surface area contributed by atoms with Crippen LogP contribution in [0.25, 0.3) is 0 Å². The lowest BCUT2D eigenvalue weighted by Gasteiger charge is -2.15. The van der Waals surface area contributed by atoms with Crippen molar-refractivity contribution in [3.63, 3.8) is 0 Å². The summed E-state index contributed by atoms with van der Waals surface area (Å²) in [6.45, 7) is -0.0463. The number of nitriles is 1. The molecule has 1 aromatic heterocycles. The van der Waals surface area contributed by atoms with Crippen molar-refractivity contribution >= 4 is 29.1 Å². The van der Waals surface area contributed by atoms with E-state index in [0.717, 1.165) is 0 Å². The molecule has 2 rings (SSSR count). The lowest BCUT2D eigenvalue weighted by atomic mass is 10.1. The van der Waals surface area contributed by atoms with Crippen LogP contribution in [0.4, 0.5) is 0 Å². The van der Waals surface area contributed by atoms with Gasteiger partial charge in [-0.15, -0.1) is 0 Å². The van der Waals surface area contributed by atoms with Crippen molar-refractivity contribution in [2.24, 2.45) is 0 Å². The van der Waals surface area contributed by atoms with Crippen LogP contribution < -0.4 is 5.32 Å². The first kappa shape index (κ1) is 15.4. The van der Waals surface area contributed by atoms with Crippen LogP contribution >= 0.6 is 23.2 Å². The minimum absolute atomic E-state index is 0.0463. The molecule has 0 spiro atoms. The Hall–Kier alpha value is -2.00. The van der Waals surface area contributed by atoms with Crippen LogP contribution in [0.5, 0.6) is 0 Å². The summed E-state index contributed by atoms with van der Waals surface area (Å²) in [4.78, 5) is 14.5. The highest BCUT2D eigenvalue weighted by Crippen LogP contribution is 2.29. The number of H-pyrrole nitrogens is 1. The van der Waals surface area contributed by atoms with E-state index in [-0.39, 0.29) is 12.2 Å². The summed E-state index contributed by atoms with van der Waals surface area (Å²) in [5.41, 5.74) is 0.965. The first-order valence-electron chi connectivity index (χ1n) is 6.01. The molecule has 0 bridgehead atoms. The Morgan fingerprint density at radius 1 is 1.43 bits per heavy atom. The molecule has 0 fully saturated rings. The van der Waals surface area contributed by atoms with Crippen LogP contribution in [-0.2, 0) is 0 Å². The molecule has 0 radical (unpaired) electrons. The number of carbonyl (C=O) groups is 1. The van der Waals surface area contributed by atoms with Crippen molar-refractivity contribution < 1.29 is 9.90 Å². The first-order chi connectivity index (χ1) is 10.0. The topological polar surface area (TPSA) is 88.9 Å². The molecule has 108 valence electrons. The number of hydrogen-bond donors (Lipinski definition) is 3. The quantitative estimate of drug-likeness (QED) is 0.808. The molecule has 2 aromatic rings. The van der Waals surface area contributed by atoms with Gasteiger partial charge >= 0.3 is 0 Å². The Labute approximate surface area is 131 Å². The van der Waals surface area contributed by atoms with Gasteiger partial charge in [-0.2, -0.15) is 5.26 Å². The van der Waals surface area contributed by atoms with Crippen molar-refractivity contribution in [3.8, 4) is 6.07 Å². The third kappa shape index (κ3) is 3.56. The number of aliphatic hydroxyl groups is 1.